The third-order valence-electron chi connectivity index (χ3n) is 4.46. The van der Waals surface area contributed by atoms with E-state index in [9.17, 15) is 9.59 Å². The van der Waals surface area contributed by atoms with E-state index in [0.29, 0.717) is 24.5 Å². The van der Waals surface area contributed by atoms with Crippen molar-refractivity contribution in [1.29, 1.82) is 0 Å². The predicted octanol–water partition coefficient (Wildman–Crippen LogP) is 2.43. The Morgan fingerprint density at radius 1 is 1.32 bits per heavy atom. The minimum absolute atomic E-state index is 0.0466. The van der Waals surface area contributed by atoms with Gasteiger partial charge in [-0.25, -0.2) is 0 Å². The Morgan fingerprint density at radius 2 is 2.08 bits per heavy atom. The SMILES string of the molecule is CCCCC(=O)N(CCN1CCCCC1)CC(=O)Nc1cc(C)on1. The number of rotatable bonds is 9. The Labute approximate surface area is 149 Å². The number of hydrogen-bond donors (Lipinski definition) is 1. The van der Waals surface area contributed by atoms with E-state index in [4.69, 9.17) is 4.52 Å². The molecule has 0 atom stereocenters. The molecule has 1 saturated heterocycles. The summed E-state index contributed by atoms with van der Waals surface area (Å²) >= 11 is 0. The fourth-order valence-electron chi connectivity index (χ4n) is 3.00. The Bertz CT molecular complexity index is 552. The van der Waals surface area contributed by atoms with E-state index >= 15 is 0 Å². The number of nitrogens with zero attached hydrogens (tertiary/aromatic N) is 3. The van der Waals surface area contributed by atoms with Crippen molar-refractivity contribution in [2.75, 3.05) is 38.0 Å². The van der Waals surface area contributed by atoms with Gasteiger partial charge in [-0.05, 0) is 39.3 Å². The highest BCUT2D eigenvalue weighted by Gasteiger charge is 2.19. The average molecular weight is 350 g/mol. The largest absolute Gasteiger partial charge is 0.360 e. The fraction of sp³-hybridized carbons (Fsp3) is 0.722. The monoisotopic (exact) mass is 350 g/mol. The molecule has 2 heterocycles. The molecular formula is C18H30N4O3. The Morgan fingerprint density at radius 3 is 2.72 bits per heavy atom. The van der Waals surface area contributed by atoms with Gasteiger partial charge in [-0.3, -0.25) is 9.59 Å². The molecule has 2 amide bonds. The van der Waals surface area contributed by atoms with Crippen molar-refractivity contribution in [3.8, 4) is 0 Å². The van der Waals surface area contributed by atoms with E-state index in [1.165, 1.54) is 19.3 Å². The number of likely N-dealkylation sites (tertiary alicyclic amines) is 1. The maximum Gasteiger partial charge on any atom is 0.245 e. The summed E-state index contributed by atoms with van der Waals surface area (Å²) in [5.41, 5.74) is 0. The number of anilines is 1. The minimum atomic E-state index is -0.239. The first kappa shape index (κ1) is 19.4. The van der Waals surface area contributed by atoms with Gasteiger partial charge < -0.3 is 19.6 Å². The van der Waals surface area contributed by atoms with Crippen LogP contribution in [0, 0.1) is 6.92 Å². The zero-order valence-electron chi connectivity index (χ0n) is 15.4. The molecule has 140 valence electrons. The van der Waals surface area contributed by atoms with Crippen molar-refractivity contribution in [1.82, 2.24) is 15.0 Å². The van der Waals surface area contributed by atoms with Crippen LogP contribution in [0.4, 0.5) is 5.82 Å². The zero-order chi connectivity index (χ0) is 18.1. The number of amides is 2. The highest BCUT2D eigenvalue weighted by molar-refractivity contribution is 5.93. The van der Waals surface area contributed by atoms with Crippen LogP contribution >= 0.6 is 0 Å². The molecule has 0 radical (unpaired) electrons. The summed E-state index contributed by atoms with van der Waals surface area (Å²) in [5, 5.41) is 6.45. The summed E-state index contributed by atoms with van der Waals surface area (Å²) in [6, 6.07) is 1.66. The molecule has 0 bridgehead atoms. The van der Waals surface area contributed by atoms with Crippen molar-refractivity contribution >= 4 is 17.6 Å². The van der Waals surface area contributed by atoms with Gasteiger partial charge >= 0.3 is 0 Å². The number of aryl methyl sites for hydroxylation is 1. The third-order valence-corrected chi connectivity index (χ3v) is 4.46. The van der Waals surface area contributed by atoms with Gasteiger partial charge in [0.15, 0.2) is 5.82 Å². The highest BCUT2D eigenvalue weighted by atomic mass is 16.5. The minimum Gasteiger partial charge on any atom is -0.360 e. The molecule has 1 fully saturated rings. The van der Waals surface area contributed by atoms with Crippen LogP contribution in [-0.2, 0) is 9.59 Å². The first-order chi connectivity index (χ1) is 12.1. The zero-order valence-corrected chi connectivity index (χ0v) is 15.4. The maximum absolute atomic E-state index is 12.5. The molecule has 1 N–H and O–H groups in total. The van der Waals surface area contributed by atoms with E-state index in [0.717, 1.165) is 32.5 Å². The van der Waals surface area contributed by atoms with E-state index in [1.54, 1.807) is 17.9 Å². The summed E-state index contributed by atoms with van der Waals surface area (Å²) in [6.07, 6.45) is 6.03. The quantitative estimate of drug-likeness (QED) is 0.740. The van der Waals surface area contributed by atoms with Crippen molar-refractivity contribution in [2.24, 2.45) is 0 Å². The molecular weight excluding hydrogens is 320 g/mol. The van der Waals surface area contributed by atoms with Gasteiger partial charge in [0, 0.05) is 25.6 Å². The van der Waals surface area contributed by atoms with Crippen LogP contribution in [0.2, 0.25) is 0 Å². The highest BCUT2D eigenvalue weighted by Crippen LogP contribution is 2.10. The molecule has 0 aromatic carbocycles. The van der Waals surface area contributed by atoms with E-state index in [2.05, 4.69) is 22.3 Å². The lowest BCUT2D eigenvalue weighted by Crippen LogP contribution is -2.43. The average Bonchev–Trinajstić information content (AvgIpc) is 3.02. The predicted molar refractivity (Wildman–Crippen MR) is 96.3 cm³/mol. The molecule has 0 spiro atoms. The molecule has 0 unspecified atom stereocenters. The first-order valence-corrected chi connectivity index (χ1v) is 9.31. The van der Waals surface area contributed by atoms with Crippen LogP contribution < -0.4 is 5.32 Å². The van der Waals surface area contributed by atoms with Crippen LogP contribution in [0.5, 0.6) is 0 Å². The van der Waals surface area contributed by atoms with Crippen LogP contribution in [0.1, 0.15) is 51.2 Å². The molecule has 1 aromatic rings. The fourth-order valence-corrected chi connectivity index (χ4v) is 3.00. The number of hydrogen-bond acceptors (Lipinski definition) is 5. The number of nitrogens with one attached hydrogen (secondary N) is 1. The molecule has 1 aromatic heterocycles. The molecule has 0 aliphatic carbocycles. The first-order valence-electron chi connectivity index (χ1n) is 9.31. The van der Waals surface area contributed by atoms with Crippen molar-refractivity contribution in [3.05, 3.63) is 11.8 Å². The van der Waals surface area contributed by atoms with Gasteiger partial charge in [0.25, 0.3) is 0 Å². The summed E-state index contributed by atoms with van der Waals surface area (Å²) in [7, 11) is 0. The van der Waals surface area contributed by atoms with Crippen LogP contribution in [-0.4, -0.2) is 59.5 Å². The molecule has 7 nitrogen and oxygen atoms in total. The molecule has 2 rings (SSSR count). The number of piperidine rings is 1. The van der Waals surface area contributed by atoms with Crippen LogP contribution in [0.3, 0.4) is 0 Å². The van der Waals surface area contributed by atoms with Gasteiger partial charge in [0.2, 0.25) is 11.8 Å². The van der Waals surface area contributed by atoms with Crippen molar-refractivity contribution < 1.29 is 14.1 Å². The molecule has 1 aliphatic heterocycles. The molecule has 7 heteroatoms. The second kappa shape index (κ2) is 10.2. The second-order valence-electron chi connectivity index (χ2n) is 6.69. The van der Waals surface area contributed by atoms with E-state index < -0.39 is 0 Å². The van der Waals surface area contributed by atoms with Gasteiger partial charge in [-0.15, -0.1) is 0 Å². The Kier molecular flexibility index (Phi) is 7.91. The molecule has 1 aliphatic rings. The summed E-state index contributed by atoms with van der Waals surface area (Å²) in [5.74, 6) is 0.831. The van der Waals surface area contributed by atoms with Crippen LogP contribution in [0.15, 0.2) is 10.6 Å². The summed E-state index contributed by atoms with van der Waals surface area (Å²) in [6.45, 7) is 7.47. The number of carbonyl (C=O) groups is 2. The van der Waals surface area contributed by atoms with Gasteiger partial charge in [-0.1, -0.05) is 24.9 Å². The summed E-state index contributed by atoms with van der Waals surface area (Å²) < 4.78 is 4.95. The Balaban J connectivity index is 1.87. The third kappa shape index (κ3) is 6.86. The standard InChI is InChI=1S/C18H30N4O3/c1-3-4-8-18(24)22(12-11-21-9-6-5-7-10-21)14-17(23)19-16-13-15(2)25-20-16/h13H,3-12,14H2,1-2H3,(H,19,20,23). The van der Waals surface area contributed by atoms with Gasteiger partial charge in [0.1, 0.15) is 5.76 Å². The van der Waals surface area contributed by atoms with E-state index in [-0.39, 0.29) is 18.4 Å². The Hall–Kier alpha value is -1.89. The topological polar surface area (TPSA) is 78.7 Å². The smallest absolute Gasteiger partial charge is 0.245 e. The van der Waals surface area contributed by atoms with E-state index in [1.807, 2.05) is 0 Å². The lowest BCUT2D eigenvalue weighted by Gasteiger charge is -2.30. The van der Waals surface area contributed by atoms with Gasteiger partial charge in [0.05, 0.1) is 6.54 Å². The molecule has 25 heavy (non-hydrogen) atoms. The van der Waals surface area contributed by atoms with Gasteiger partial charge in [-0.2, -0.15) is 0 Å². The number of carbonyl (C=O) groups excluding carboxylic acids is 2. The number of unbranched alkanes of at least 4 members (excludes halogenated alkanes) is 1. The summed E-state index contributed by atoms with van der Waals surface area (Å²) in [4.78, 5) is 28.8. The van der Waals surface area contributed by atoms with Crippen LogP contribution in [0.25, 0.3) is 0 Å². The second-order valence-corrected chi connectivity index (χ2v) is 6.69. The molecule has 0 saturated carbocycles. The maximum atomic E-state index is 12.5. The lowest BCUT2D eigenvalue weighted by molar-refractivity contribution is -0.135. The van der Waals surface area contributed by atoms with Crippen molar-refractivity contribution in [3.63, 3.8) is 0 Å². The lowest BCUT2D eigenvalue weighted by atomic mass is 10.1. The number of aromatic nitrogens is 1. The normalized spacial score (nSPS) is 15.1. The van der Waals surface area contributed by atoms with Crippen molar-refractivity contribution in [2.45, 2.75) is 52.4 Å².